The van der Waals surface area contributed by atoms with Crippen LogP contribution in [0.5, 0.6) is 0 Å². The largest absolute Gasteiger partial charge is 0.459 e. The zero-order valence-electron chi connectivity index (χ0n) is 5.23. The Morgan fingerprint density at radius 2 is 1.89 bits per heavy atom. The molecule has 0 unspecified atom stereocenters. The summed E-state index contributed by atoms with van der Waals surface area (Å²) in [4.78, 5) is 9.98. The third-order valence-corrected chi connectivity index (χ3v) is 0.530. The molecule has 0 rings (SSSR count). The van der Waals surface area contributed by atoms with Crippen LogP contribution >= 0.6 is 0 Å². The summed E-state index contributed by atoms with van der Waals surface area (Å²) in [6.07, 6.45) is -3.47. The first kappa shape index (κ1) is 8.33. The van der Waals surface area contributed by atoms with E-state index in [1.165, 1.54) is 13.8 Å². The number of esters is 1. The minimum Gasteiger partial charge on any atom is -0.459 e. The quantitative estimate of drug-likeness (QED) is 0.536. The monoisotopic (exact) mass is 138 g/mol. The van der Waals surface area contributed by atoms with Crippen molar-refractivity contribution in [3.05, 3.63) is 0 Å². The summed E-state index contributed by atoms with van der Waals surface area (Å²) in [7, 11) is 0. The molecule has 0 heterocycles. The van der Waals surface area contributed by atoms with Crippen molar-refractivity contribution in [1.29, 1.82) is 0 Å². The fraction of sp³-hybridized carbons (Fsp3) is 0.800. The Morgan fingerprint density at radius 1 is 1.44 bits per heavy atom. The van der Waals surface area contributed by atoms with Gasteiger partial charge in [-0.2, -0.15) is 8.78 Å². The number of carbonyl (C=O) groups is 1. The Bertz CT molecular complexity index is 101. The van der Waals surface area contributed by atoms with E-state index in [9.17, 15) is 13.6 Å². The lowest BCUT2D eigenvalue weighted by Gasteiger charge is -2.05. The maximum Gasteiger partial charge on any atom is 0.374 e. The van der Waals surface area contributed by atoms with Crippen LogP contribution in [0.25, 0.3) is 0 Å². The molecular weight excluding hydrogens is 130 g/mol. The van der Waals surface area contributed by atoms with Gasteiger partial charge in [0.1, 0.15) is 0 Å². The summed E-state index contributed by atoms with van der Waals surface area (Å²) in [6, 6.07) is 0. The van der Waals surface area contributed by atoms with E-state index < -0.39 is 18.5 Å². The van der Waals surface area contributed by atoms with Crippen molar-refractivity contribution in [3.63, 3.8) is 0 Å². The molecule has 0 aliphatic heterocycles. The smallest absolute Gasteiger partial charge is 0.374 e. The van der Waals surface area contributed by atoms with Gasteiger partial charge in [0, 0.05) is 0 Å². The molecular formula is C5H8F2O2. The van der Waals surface area contributed by atoms with Crippen LogP contribution in [-0.4, -0.2) is 18.5 Å². The predicted octanol–water partition coefficient (Wildman–Crippen LogP) is 1.20. The van der Waals surface area contributed by atoms with Crippen LogP contribution in [0.15, 0.2) is 0 Å². The number of rotatable bonds is 2. The molecule has 54 valence electrons. The molecule has 0 aromatic heterocycles. The average Bonchev–Trinajstić information content (AvgIpc) is 1.63. The molecule has 0 saturated heterocycles. The van der Waals surface area contributed by atoms with Gasteiger partial charge in [-0.3, -0.25) is 0 Å². The Morgan fingerprint density at radius 3 is 2.00 bits per heavy atom. The molecule has 0 aromatic rings. The average molecular weight is 138 g/mol. The molecule has 0 bridgehead atoms. The molecule has 0 aliphatic rings. The minimum atomic E-state index is -3.01. The number of halogens is 2. The predicted molar refractivity (Wildman–Crippen MR) is 27.2 cm³/mol. The summed E-state index contributed by atoms with van der Waals surface area (Å²) in [5.41, 5.74) is 0. The van der Waals surface area contributed by atoms with Crippen molar-refractivity contribution in [1.82, 2.24) is 0 Å². The molecule has 0 radical (unpaired) electrons. The molecule has 0 spiro atoms. The van der Waals surface area contributed by atoms with Gasteiger partial charge in [0.15, 0.2) is 0 Å². The van der Waals surface area contributed by atoms with Crippen molar-refractivity contribution in [2.75, 3.05) is 0 Å². The molecule has 0 aromatic carbocycles. The minimum absolute atomic E-state index is 0.466. The van der Waals surface area contributed by atoms with Gasteiger partial charge >= 0.3 is 12.4 Å². The molecule has 4 heteroatoms. The van der Waals surface area contributed by atoms with Gasteiger partial charge in [0.25, 0.3) is 0 Å². The van der Waals surface area contributed by atoms with Crippen LogP contribution in [0.2, 0.25) is 0 Å². The van der Waals surface area contributed by atoms with E-state index in [-0.39, 0.29) is 0 Å². The summed E-state index contributed by atoms with van der Waals surface area (Å²) in [6.45, 7) is 3.03. The molecule has 0 amide bonds. The highest BCUT2D eigenvalue weighted by Crippen LogP contribution is 1.98. The second-order valence-corrected chi connectivity index (χ2v) is 1.79. The first-order chi connectivity index (χ1) is 4.04. The van der Waals surface area contributed by atoms with Crippen molar-refractivity contribution in [2.45, 2.75) is 26.4 Å². The van der Waals surface area contributed by atoms with Crippen LogP contribution in [-0.2, 0) is 9.53 Å². The fourth-order valence-corrected chi connectivity index (χ4v) is 0.284. The third kappa shape index (κ3) is 3.88. The normalized spacial score (nSPS) is 10.4. The van der Waals surface area contributed by atoms with E-state index in [4.69, 9.17) is 0 Å². The van der Waals surface area contributed by atoms with E-state index in [0.717, 1.165) is 0 Å². The Kier molecular flexibility index (Phi) is 3.12. The van der Waals surface area contributed by atoms with E-state index in [2.05, 4.69) is 4.74 Å². The highest BCUT2D eigenvalue weighted by Gasteiger charge is 2.17. The lowest BCUT2D eigenvalue weighted by molar-refractivity contribution is -0.160. The van der Waals surface area contributed by atoms with Gasteiger partial charge in [-0.15, -0.1) is 0 Å². The zero-order chi connectivity index (χ0) is 7.44. The molecule has 0 fully saturated rings. The van der Waals surface area contributed by atoms with Crippen LogP contribution in [0.1, 0.15) is 13.8 Å². The van der Waals surface area contributed by atoms with Crippen LogP contribution in [0.4, 0.5) is 8.78 Å². The summed E-state index contributed by atoms with van der Waals surface area (Å²) < 4.78 is 26.8. The summed E-state index contributed by atoms with van der Waals surface area (Å²) in [5.74, 6) is -1.45. The van der Waals surface area contributed by atoms with Crippen LogP contribution in [0.3, 0.4) is 0 Å². The lowest BCUT2D eigenvalue weighted by Crippen LogP contribution is -2.18. The van der Waals surface area contributed by atoms with E-state index in [0.29, 0.717) is 0 Å². The van der Waals surface area contributed by atoms with Crippen LogP contribution < -0.4 is 0 Å². The Hall–Kier alpha value is -0.670. The van der Waals surface area contributed by atoms with Gasteiger partial charge in [0.2, 0.25) is 0 Å². The maximum atomic E-state index is 11.3. The van der Waals surface area contributed by atoms with E-state index >= 15 is 0 Å². The van der Waals surface area contributed by atoms with Gasteiger partial charge in [-0.05, 0) is 13.8 Å². The van der Waals surface area contributed by atoms with Crippen molar-refractivity contribution in [3.8, 4) is 0 Å². The molecule has 0 saturated carbocycles. The number of alkyl halides is 2. The standard InChI is InChI=1S/C5H8F2O2/c1-3(2)9-5(8)4(6)7/h3-4H,1-2H3. The van der Waals surface area contributed by atoms with E-state index in [1.807, 2.05) is 0 Å². The highest BCUT2D eigenvalue weighted by molar-refractivity contribution is 5.72. The molecule has 0 N–H and O–H groups in total. The second-order valence-electron chi connectivity index (χ2n) is 1.79. The number of carbonyl (C=O) groups excluding carboxylic acids is 1. The molecule has 0 atom stereocenters. The van der Waals surface area contributed by atoms with E-state index in [1.54, 1.807) is 0 Å². The number of hydrogen-bond donors (Lipinski definition) is 0. The molecule has 0 aliphatic carbocycles. The zero-order valence-corrected chi connectivity index (χ0v) is 5.23. The fourth-order valence-electron chi connectivity index (χ4n) is 0.284. The first-order valence-electron chi connectivity index (χ1n) is 2.52. The second kappa shape index (κ2) is 3.37. The Balaban J connectivity index is 3.51. The number of ether oxygens (including phenoxy) is 1. The Labute approximate surface area is 51.8 Å². The topological polar surface area (TPSA) is 26.3 Å². The van der Waals surface area contributed by atoms with Crippen LogP contribution in [0, 0.1) is 0 Å². The third-order valence-electron chi connectivity index (χ3n) is 0.530. The lowest BCUT2D eigenvalue weighted by atomic mass is 10.5. The van der Waals surface area contributed by atoms with Crippen molar-refractivity contribution in [2.24, 2.45) is 0 Å². The molecule has 9 heavy (non-hydrogen) atoms. The first-order valence-corrected chi connectivity index (χ1v) is 2.52. The van der Waals surface area contributed by atoms with Gasteiger partial charge in [-0.25, -0.2) is 4.79 Å². The van der Waals surface area contributed by atoms with Crippen molar-refractivity contribution < 1.29 is 18.3 Å². The molecule has 2 nitrogen and oxygen atoms in total. The highest BCUT2D eigenvalue weighted by atomic mass is 19.3. The van der Waals surface area contributed by atoms with Crippen molar-refractivity contribution >= 4 is 5.97 Å². The SMILES string of the molecule is CC(C)OC(=O)C(F)F. The summed E-state index contributed by atoms with van der Waals surface area (Å²) >= 11 is 0. The maximum absolute atomic E-state index is 11.3. The van der Waals surface area contributed by atoms with Gasteiger partial charge in [-0.1, -0.05) is 0 Å². The van der Waals surface area contributed by atoms with Gasteiger partial charge < -0.3 is 4.74 Å². The number of hydrogen-bond acceptors (Lipinski definition) is 2. The van der Waals surface area contributed by atoms with Gasteiger partial charge in [0.05, 0.1) is 6.10 Å². The summed E-state index contributed by atoms with van der Waals surface area (Å²) in [5, 5.41) is 0.